The summed E-state index contributed by atoms with van der Waals surface area (Å²) in [5, 5.41) is 6.25. The van der Waals surface area contributed by atoms with Crippen LogP contribution in [0.3, 0.4) is 0 Å². The lowest BCUT2D eigenvalue weighted by Gasteiger charge is -2.17. The number of anilines is 2. The number of aryl methyl sites for hydroxylation is 2. The first-order chi connectivity index (χ1) is 15.1. The van der Waals surface area contributed by atoms with Gasteiger partial charge in [0.2, 0.25) is 0 Å². The van der Waals surface area contributed by atoms with Gasteiger partial charge in [-0.15, -0.1) is 0 Å². The van der Waals surface area contributed by atoms with Crippen molar-refractivity contribution in [2.24, 2.45) is 0 Å². The molecule has 1 aromatic heterocycles. The van der Waals surface area contributed by atoms with Crippen LogP contribution in [-0.2, 0) is 16.0 Å². The van der Waals surface area contributed by atoms with Crippen molar-refractivity contribution in [3.05, 3.63) is 65.9 Å². The van der Waals surface area contributed by atoms with E-state index in [4.69, 9.17) is 0 Å². The smallest absolute Gasteiger partial charge is 0.313 e. The van der Waals surface area contributed by atoms with Crippen LogP contribution < -0.4 is 15.5 Å². The summed E-state index contributed by atoms with van der Waals surface area (Å²) < 4.78 is 0. The first-order valence-electron chi connectivity index (χ1n) is 10.9. The van der Waals surface area contributed by atoms with Crippen LogP contribution in [0.1, 0.15) is 30.5 Å². The Morgan fingerprint density at radius 2 is 1.74 bits per heavy atom. The number of rotatable bonds is 6. The summed E-state index contributed by atoms with van der Waals surface area (Å²) >= 11 is 0. The Hall–Kier alpha value is -3.41. The number of pyridine rings is 1. The fourth-order valence-corrected chi connectivity index (χ4v) is 4.01. The minimum absolute atomic E-state index is 0.455. The molecular weight excluding hydrogens is 388 g/mol. The number of fused-ring (bicyclic) bond motifs is 1. The molecule has 6 heteroatoms. The van der Waals surface area contributed by atoms with E-state index in [2.05, 4.69) is 44.8 Å². The maximum Gasteiger partial charge on any atom is 0.313 e. The lowest BCUT2D eigenvalue weighted by atomic mass is 10.1. The normalized spacial score (nSPS) is 13.4. The second-order valence-electron chi connectivity index (χ2n) is 8.00. The van der Waals surface area contributed by atoms with Gasteiger partial charge in [-0.2, -0.15) is 0 Å². The SMILES string of the molecule is Cc1cc(NC(=O)C(=O)NCCCc2ccc(N3CCCC3)cc2)c2ccccc2n1. The molecule has 160 valence electrons. The number of nitrogens with one attached hydrogen (secondary N) is 2. The molecule has 3 aromatic rings. The highest BCUT2D eigenvalue weighted by Crippen LogP contribution is 2.23. The largest absolute Gasteiger partial charge is 0.372 e. The highest BCUT2D eigenvalue weighted by atomic mass is 16.2. The average Bonchev–Trinajstić information content (AvgIpc) is 3.32. The van der Waals surface area contributed by atoms with Crippen molar-refractivity contribution in [2.45, 2.75) is 32.6 Å². The first kappa shape index (κ1) is 20.8. The van der Waals surface area contributed by atoms with Gasteiger partial charge < -0.3 is 15.5 Å². The Labute approximate surface area is 182 Å². The highest BCUT2D eigenvalue weighted by molar-refractivity contribution is 6.40. The van der Waals surface area contributed by atoms with Crippen LogP contribution >= 0.6 is 0 Å². The number of hydrogen-bond donors (Lipinski definition) is 2. The second kappa shape index (κ2) is 9.60. The molecular formula is C25H28N4O2. The summed E-state index contributed by atoms with van der Waals surface area (Å²) in [6.45, 7) is 4.60. The zero-order valence-electron chi connectivity index (χ0n) is 17.9. The van der Waals surface area contributed by atoms with E-state index in [1.807, 2.05) is 31.2 Å². The third-order valence-corrected chi connectivity index (χ3v) is 5.63. The zero-order chi connectivity index (χ0) is 21.6. The predicted octanol–water partition coefficient (Wildman–Crippen LogP) is 3.83. The quantitative estimate of drug-likeness (QED) is 0.473. The predicted molar refractivity (Wildman–Crippen MR) is 124 cm³/mol. The summed E-state index contributed by atoms with van der Waals surface area (Å²) in [7, 11) is 0. The summed E-state index contributed by atoms with van der Waals surface area (Å²) in [4.78, 5) is 31.4. The molecule has 0 aliphatic carbocycles. The van der Waals surface area contributed by atoms with Crippen LogP contribution in [0.5, 0.6) is 0 Å². The van der Waals surface area contributed by atoms with Gasteiger partial charge in [0.05, 0.1) is 11.2 Å². The van der Waals surface area contributed by atoms with Crippen LogP contribution in [0.25, 0.3) is 10.9 Å². The van der Waals surface area contributed by atoms with Crippen LogP contribution in [0.2, 0.25) is 0 Å². The summed E-state index contributed by atoms with van der Waals surface area (Å²) in [6.07, 6.45) is 4.17. The molecule has 0 atom stereocenters. The summed E-state index contributed by atoms with van der Waals surface area (Å²) in [5.41, 5.74) is 4.69. The number of aromatic nitrogens is 1. The van der Waals surface area contributed by atoms with Crippen molar-refractivity contribution >= 4 is 34.1 Å². The molecule has 6 nitrogen and oxygen atoms in total. The Morgan fingerprint density at radius 3 is 2.52 bits per heavy atom. The van der Waals surface area contributed by atoms with Crippen LogP contribution in [0, 0.1) is 6.92 Å². The molecule has 2 aromatic carbocycles. The van der Waals surface area contributed by atoms with Crippen LogP contribution in [-0.4, -0.2) is 36.4 Å². The van der Waals surface area contributed by atoms with Gasteiger partial charge >= 0.3 is 11.8 Å². The fourth-order valence-electron chi connectivity index (χ4n) is 4.01. The molecule has 0 unspecified atom stereocenters. The van der Waals surface area contributed by atoms with Crippen LogP contribution in [0.4, 0.5) is 11.4 Å². The number of benzene rings is 2. The van der Waals surface area contributed by atoms with Gasteiger partial charge in [-0.05, 0) is 62.4 Å². The molecule has 1 fully saturated rings. The van der Waals surface area contributed by atoms with E-state index in [9.17, 15) is 9.59 Å². The lowest BCUT2D eigenvalue weighted by Crippen LogP contribution is -2.36. The second-order valence-corrected chi connectivity index (χ2v) is 8.00. The van der Waals surface area contributed by atoms with Crippen molar-refractivity contribution in [3.8, 4) is 0 Å². The molecule has 2 N–H and O–H groups in total. The van der Waals surface area contributed by atoms with E-state index >= 15 is 0 Å². The van der Waals surface area contributed by atoms with Crippen molar-refractivity contribution in [1.29, 1.82) is 0 Å². The van der Waals surface area contributed by atoms with Crippen LogP contribution in [0.15, 0.2) is 54.6 Å². The molecule has 1 aliphatic heterocycles. The maximum absolute atomic E-state index is 12.3. The van der Waals surface area contributed by atoms with E-state index < -0.39 is 11.8 Å². The third-order valence-electron chi connectivity index (χ3n) is 5.63. The van der Waals surface area contributed by atoms with Gasteiger partial charge in [-0.1, -0.05) is 30.3 Å². The summed E-state index contributed by atoms with van der Waals surface area (Å²) in [6, 6.07) is 18.0. The molecule has 0 saturated carbocycles. The monoisotopic (exact) mass is 416 g/mol. The Balaban J connectivity index is 1.25. The minimum Gasteiger partial charge on any atom is -0.372 e. The number of nitrogens with zero attached hydrogens (tertiary/aromatic N) is 2. The molecule has 0 radical (unpaired) electrons. The van der Waals surface area contributed by atoms with Gasteiger partial charge in [0.15, 0.2) is 0 Å². The van der Waals surface area contributed by atoms with Gasteiger partial charge in [0, 0.05) is 36.4 Å². The minimum atomic E-state index is -0.661. The fraction of sp³-hybridized carbons (Fsp3) is 0.320. The number of carbonyl (C=O) groups is 2. The standard InChI is InChI=1S/C25H28N4O2/c1-18-17-23(21-8-2-3-9-22(21)27-18)28-25(31)24(30)26-14-6-7-19-10-12-20(13-11-19)29-15-4-5-16-29/h2-3,8-13,17H,4-7,14-16H2,1H3,(H,26,30)(H,27,28,31). The average molecular weight is 417 g/mol. The van der Waals surface area contributed by atoms with Gasteiger partial charge in [0.25, 0.3) is 0 Å². The highest BCUT2D eigenvalue weighted by Gasteiger charge is 2.15. The van der Waals surface area contributed by atoms with Crippen molar-refractivity contribution in [2.75, 3.05) is 29.9 Å². The van der Waals surface area contributed by atoms with Crippen molar-refractivity contribution in [3.63, 3.8) is 0 Å². The molecule has 0 spiro atoms. The number of hydrogen-bond acceptors (Lipinski definition) is 4. The van der Waals surface area contributed by atoms with Gasteiger partial charge in [-0.3, -0.25) is 14.6 Å². The molecule has 1 saturated heterocycles. The van der Waals surface area contributed by atoms with E-state index in [1.165, 1.54) is 24.1 Å². The topological polar surface area (TPSA) is 74.3 Å². The number of carbonyl (C=O) groups excluding carboxylic acids is 2. The lowest BCUT2D eigenvalue weighted by molar-refractivity contribution is -0.136. The molecule has 31 heavy (non-hydrogen) atoms. The third kappa shape index (κ3) is 5.20. The molecule has 0 bridgehead atoms. The van der Waals surface area contributed by atoms with Gasteiger partial charge in [-0.25, -0.2) is 0 Å². The Kier molecular flexibility index (Phi) is 6.46. The number of amides is 2. The van der Waals surface area contributed by atoms with E-state index in [0.29, 0.717) is 12.2 Å². The van der Waals surface area contributed by atoms with Crippen molar-refractivity contribution in [1.82, 2.24) is 10.3 Å². The molecule has 1 aliphatic rings. The Morgan fingerprint density at radius 1 is 1.00 bits per heavy atom. The Bertz CT molecular complexity index is 1070. The molecule has 2 heterocycles. The maximum atomic E-state index is 12.3. The van der Waals surface area contributed by atoms with Crippen molar-refractivity contribution < 1.29 is 9.59 Å². The van der Waals surface area contributed by atoms with E-state index in [1.54, 1.807) is 6.07 Å². The van der Waals surface area contributed by atoms with E-state index in [0.717, 1.165) is 42.5 Å². The molecule has 4 rings (SSSR count). The number of para-hydroxylation sites is 1. The molecule has 2 amide bonds. The van der Waals surface area contributed by atoms with Gasteiger partial charge in [0.1, 0.15) is 0 Å². The van der Waals surface area contributed by atoms with E-state index in [-0.39, 0.29) is 0 Å². The first-order valence-corrected chi connectivity index (χ1v) is 10.9. The summed E-state index contributed by atoms with van der Waals surface area (Å²) in [5.74, 6) is -1.28. The zero-order valence-corrected chi connectivity index (χ0v) is 17.9.